The van der Waals surface area contributed by atoms with Gasteiger partial charge in [0.05, 0.1) is 12.5 Å². The van der Waals surface area contributed by atoms with Gasteiger partial charge in [0.2, 0.25) is 5.91 Å². The molecule has 2 aliphatic rings. The maximum atomic E-state index is 13.5. The number of aromatic nitrogens is 2. The van der Waals surface area contributed by atoms with Gasteiger partial charge in [0.15, 0.2) is 16.8 Å². The van der Waals surface area contributed by atoms with Crippen LogP contribution in [0.2, 0.25) is 5.15 Å². The zero-order valence-corrected chi connectivity index (χ0v) is 17.9. The number of halogens is 1. The average molecular weight is 441 g/mol. The average Bonchev–Trinajstić information content (AvgIpc) is 3.39. The van der Waals surface area contributed by atoms with Crippen molar-refractivity contribution in [3.05, 3.63) is 64.6 Å². The molecule has 0 bridgehead atoms. The molecule has 0 unspecified atom stereocenters. The Morgan fingerprint density at radius 3 is 2.53 bits per heavy atom. The second-order valence-electron chi connectivity index (χ2n) is 7.46. The highest BCUT2D eigenvalue weighted by Crippen LogP contribution is 2.35. The highest BCUT2D eigenvalue weighted by molar-refractivity contribution is 8.17. The normalized spacial score (nSPS) is 21.6. The number of carbonyl (C=O) groups excluding carboxylic acids is 2. The Balaban J connectivity index is 1.68. The molecule has 1 amide bonds. The Morgan fingerprint density at radius 2 is 1.90 bits per heavy atom. The van der Waals surface area contributed by atoms with Crippen LogP contribution < -0.4 is 4.90 Å². The molecule has 0 radical (unpaired) electrons. The first-order valence-electron chi connectivity index (χ1n) is 9.89. The lowest BCUT2D eigenvalue weighted by molar-refractivity contribution is -0.124. The Kier molecular flexibility index (Phi) is 6.26. The van der Waals surface area contributed by atoms with E-state index in [1.807, 2.05) is 30.3 Å². The standard InChI is InChI=1S/C22H21ClN4O2S/c1-24-21(30-11-5-6-12-30)20(28)17-14-27(19-10-9-18(23)25-26-19)22(29)16(17)13-15-7-3-2-4-8-15/h2-4,7-10,16-17H,5-6,11-14H2/t16-,17+/m1/s1. The summed E-state index contributed by atoms with van der Waals surface area (Å²) in [5.41, 5.74) is 0.991. The molecule has 154 valence electrons. The summed E-state index contributed by atoms with van der Waals surface area (Å²) < 4.78 is 0. The van der Waals surface area contributed by atoms with E-state index in [9.17, 15) is 9.59 Å². The number of Topliss-reactive ketones (excluding diaryl/α,β-unsaturated/α-hetero) is 1. The number of rotatable bonds is 5. The molecule has 2 aliphatic heterocycles. The summed E-state index contributed by atoms with van der Waals surface area (Å²) in [6.07, 6.45) is 2.56. The molecular weight excluding hydrogens is 420 g/mol. The van der Waals surface area contributed by atoms with E-state index in [-0.39, 0.29) is 33.9 Å². The van der Waals surface area contributed by atoms with Crippen LogP contribution in [-0.2, 0) is 16.0 Å². The maximum absolute atomic E-state index is 13.5. The van der Waals surface area contributed by atoms with Gasteiger partial charge in [-0.2, -0.15) is 10.5 Å². The second-order valence-corrected chi connectivity index (χ2v) is 10.0. The molecule has 0 spiro atoms. The minimum atomic E-state index is -0.563. The zero-order chi connectivity index (χ0) is 21.1. The van der Waals surface area contributed by atoms with Crippen LogP contribution in [0.25, 0.3) is 4.85 Å². The third kappa shape index (κ3) is 4.16. The van der Waals surface area contributed by atoms with Gasteiger partial charge in [0.25, 0.3) is 4.99 Å². The van der Waals surface area contributed by atoms with Crippen molar-refractivity contribution in [2.75, 3.05) is 23.0 Å². The fourth-order valence-corrected chi connectivity index (χ4v) is 6.44. The Morgan fingerprint density at radius 1 is 1.17 bits per heavy atom. The van der Waals surface area contributed by atoms with Crippen LogP contribution in [0, 0.1) is 18.4 Å². The predicted octanol–water partition coefficient (Wildman–Crippen LogP) is 3.63. The predicted molar refractivity (Wildman–Crippen MR) is 120 cm³/mol. The monoisotopic (exact) mass is 440 g/mol. The van der Waals surface area contributed by atoms with Crippen molar-refractivity contribution >= 4 is 44.6 Å². The number of ketones is 1. The van der Waals surface area contributed by atoms with Crippen molar-refractivity contribution in [3.63, 3.8) is 0 Å². The van der Waals surface area contributed by atoms with Gasteiger partial charge in [0.1, 0.15) is 0 Å². The van der Waals surface area contributed by atoms with E-state index in [1.54, 1.807) is 12.1 Å². The zero-order valence-electron chi connectivity index (χ0n) is 16.3. The first-order chi connectivity index (χ1) is 14.6. The molecule has 6 nitrogen and oxygen atoms in total. The highest BCUT2D eigenvalue weighted by atomic mass is 35.5. The SMILES string of the molecule is [C-]#[N+]C(C(=O)[C@H]1CN(c2ccc(Cl)nn2)C(=O)[C@@H]1Cc1ccccc1)=S1CCCC1. The van der Waals surface area contributed by atoms with Crippen molar-refractivity contribution in [1.82, 2.24) is 10.2 Å². The quantitative estimate of drug-likeness (QED) is 0.526. The Labute approximate surface area is 183 Å². The van der Waals surface area contributed by atoms with Crippen LogP contribution in [-0.4, -0.2) is 44.9 Å². The first kappa shape index (κ1) is 20.7. The Hall–Kier alpha value is -2.56. The molecule has 4 rings (SSSR count). The smallest absolute Gasteiger partial charge is 0.255 e. The highest BCUT2D eigenvalue weighted by Gasteiger charge is 2.46. The van der Waals surface area contributed by atoms with Crippen molar-refractivity contribution in [3.8, 4) is 0 Å². The van der Waals surface area contributed by atoms with Gasteiger partial charge in [-0.1, -0.05) is 41.9 Å². The van der Waals surface area contributed by atoms with Crippen molar-refractivity contribution < 1.29 is 9.59 Å². The summed E-state index contributed by atoms with van der Waals surface area (Å²) in [6, 6.07) is 12.9. The van der Waals surface area contributed by atoms with Crippen LogP contribution >= 0.6 is 22.1 Å². The summed E-state index contributed by atoms with van der Waals surface area (Å²) in [5, 5.41) is 8.11. The topological polar surface area (TPSA) is 67.5 Å². The van der Waals surface area contributed by atoms with Crippen molar-refractivity contribution in [2.24, 2.45) is 11.8 Å². The fourth-order valence-electron chi connectivity index (χ4n) is 4.08. The molecule has 2 fully saturated rings. The van der Waals surface area contributed by atoms with E-state index in [0.717, 1.165) is 29.9 Å². The minimum absolute atomic E-state index is 0.159. The van der Waals surface area contributed by atoms with E-state index < -0.39 is 11.8 Å². The van der Waals surface area contributed by atoms with Crippen molar-refractivity contribution in [2.45, 2.75) is 19.3 Å². The molecule has 2 aromatic rings. The molecule has 3 heterocycles. The Bertz CT molecular complexity index is 1030. The van der Waals surface area contributed by atoms with Gasteiger partial charge in [-0.3, -0.25) is 9.69 Å². The largest absolute Gasteiger partial charge is 0.307 e. The van der Waals surface area contributed by atoms with Crippen LogP contribution in [0.4, 0.5) is 5.82 Å². The van der Waals surface area contributed by atoms with Gasteiger partial charge in [-0.15, -0.1) is 10.2 Å². The maximum Gasteiger partial charge on any atom is 0.255 e. The number of nitrogens with zero attached hydrogens (tertiary/aromatic N) is 4. The third-order valence-electron chi connectivity index (χ3n) is 5.60. The summed E-state index contributed by atoms with van der Waals surface area (Å²) in [5.74, 6) is 0.764. The summed E-state index contributed by atoms with van der Waals surface area (Å²) in [7, 11) is -0.285. The molecule has 8 heteroatoms. The summed E-state index contributed by atoms with van der Waals surface area (Å²) in [4.78, 5) is 32.3. The van der Waals surface area contributed by atoms with Crippen LogP contribution in [0.5, 0.6) is 0 Å². The van der Waals surface area contributed by atoms with Crippen molar-refractivity contribution in [1.29, 1.82) is 0 Å². The number of carbonyl (C=O) groups is 2. The fraction of sp³-hybridized carbons (Fsp3) is 0.364. The van der Waals surface area contributed by atoms with Gasteiger partial charge in [-0.05, 0) is 48.5 Å². The number of benzene rings is 1. The molecule has 2 atom stereocenters. The summed E-state index contributed by atoms with van der Waals surface area (Å²) in [6.45, 7) is 7.84. The van der Waals surface area contributed by atoms with Crippen LogP contribution in [0.3, 0.4) is 0 Å². The third-order valence-corrected chi connectivity index (χ3v) is 8.20. The van der Waals surface area contributed by atoms with Gasteiger partial charge >= 0.3 is 0 Å². The minimum Gasteiger partial charge on any atom is -0.307 e. The van der Waals surface area contributed by atoms with Gasteiger partial charge < -0.3 is 4.79 Å². The molecule has 0 aliphatic carbocycles. The second kappa shape index (κ2) is 9.07. The van der Waals surface area contributed by atoms with E-state index >= 15 is 0 Å². The number of hydrogen-bond donors (Lipinski definition) is 0. The van der Waals surface area contributed by atoms with Crippen LogP contribution in [0.1, 0.15) is 18.4 Å². The van der Waals surface area contributed by atoms with E-state index in [2.05, 4.69) is 15.0 Å². The molecule has 0 saturated carbocycles. The lowest BCUT2D eigenvalue weighted by Gasteiger charge is -2.16. The van der Waals surface area contributed by atoms with E-state index in [1.165, 1.54) is 4.90 Å². The number of hydrogen-bond acceptors (Lipinski definition) is 4. The van der Waals surface area contributed by atoms with Gasteiger partial charge in [0, 0.05) is 12.5 Å². The summed E-state index contributed by atoms with van der Waals surface area (Å²) >= 11 is 5.84. The number of amides is 1. The van der Waals surface area contributed by atoms with Gasteiger partial charge in [-0.25, -0.2) is 4.85 Å². The number of anilines is 1. The molecule has 30 heavy (non-hydrogen) atoms. The van der Waals surface area contributed by atoms with E-state index in [0.29, 0.717) is 17.2 Å². The lowest BCUT2D eigenvalue weighted by atomic mass is 9.86. The van der Waals surface area contributed by atoms with E-state index in [4.69, 9.17) is 18.2 Å². The molecule has 1 aromatic carbocycles. The molecule has 1 aromatic heterocycles. The first-order valence-corrected chi connectivity index (χ1v) is 11.8. The lowest BCUT2D eigenvalue weighted by Crippen LogP contribution is -2.30. The molecule has 0 N–H and O–H groups in total. The molecule has 2 saturated heterocycles. The molecular formula is C22H21ClN4O2S. The van der Waals surface area contributed by atoms with Crippen LogP contribution in [0.15, 0.2) is 42.5 Å².